The monoisotopic (exact) mass is 607 g/mol. The molecular weight excluding hydrogens is 569 g/mol. The molecule has 0 aliphatic carbocycles. The van der Waals surface area contributed by atoms with Crippen LogP contribution in [0.2, 0.25) is 0 Å². The van der Waals surface area contributed by atoms with Crippen LogP contribution in [0.4, 0.5) is 4.39 Å². The van der Waals surface area contributed by atoms with Crippen molar-refractivity contribution in [3.05, 3.63) is 70.8 Å². The van der Waals surface area contributed by atoms with Crippen LogP contribution >= 0.6 is 0 Å². The van der Waals surface area contributed by atoms with Gasteiger partial charge in [0.05, 0.1) is 18.8 Å². The Morgan fingerprint density at radius 1 is 1.09 bits per heavy atom. The number of carbonyl (C=O) groups is 3. The van der Waals surface area contributed by atoms with Gasteiger partial charge in [0, 0.05) is 57.2 Å². The van der Waals surface area contributed by atoms with E-state index in [2.05, 4.69) is 15.7 Å². The number of methoxy groups -OCH3 is 1. The summed E-state index contributed by atoms with van der Waals surface area (Å²) >= 11 is 0. The number of aromatic nitrogens is 2. The number of benzene rings is 2. The van der Waals surface area contributed by atoms with Gasteiger partial charge in [0.2, 0.25) is 11.8 Å². The minimum atomic E-state index is -0.587. The average Bonchev–Trinajstić information content (AvgIpc) is 3.33. The number of rotatable bonds is 4. The zero-order valence-corrected chi connectivity index (χ0v) is 25.2. The van der Waals surface area contributed by atoms with E-state index in [-0.39, 0.29) is 50.1 Å². The van der Waals surface area contributed by atoms with Gasteiger partial charge in [0.15, 0.2) is 18.1 Å². The standard InChI is InChI=1S/C32H38FN5O6/c1-20-12-21(2)38(36-20)11-9-32(41)37-10-8-27-26(18-37)35-31(40)19-43-29-15-22(4-6-28(29)42-3)5-7-30(39)34-17-23-13-24(33)16-25(14-23)44-27/h4,6,12-16,26-27H,5,7-11,17-19H2,1-3H3,(H,34,39)(H,35,40)/t26-,27-/m1/s1. The number of nitrogens with zero attached hydrogens (tertiary/aromatic N) is 3. The van der Waals surface area contributed by atoms with E-state index < -0.39 is 23.9 Å². The van der Waals surface area contributed by atoms with Crippen LogP contribution in [-0.2, 0) is 33.9 Å². The van der Waals surface area contributed by atoms with Crippen molar-refractivity contribution in [2.75, 3.05) is 26.8 Å². The van der Waals surface area contributed by atoms with Gasteiger partial charge in [-0.25, -0.2) is 4.39 Å². The minimum absolute atomic E-state index is 0.0636. The number of piperidine rings is 1. The smallest absolute Gasteiger partial charge is 0.258 e. The highest BCUT2D eigenvalue weighted by Crippen LogP contribution is 2.29. The Morgan fingerprint density at radius 3 is 2.70 bits per heavy atom. The lowest BCUT2D eigenvalue weighted by atomic mass is 10.0. The summed E-state index contributed by atoms with van der Waals surface area (Å²) < 4.78 is 33.9. The van der Waals surface area contributed by atoms with E-state index in [0.717, 1.165) is 17.0 Å². The van der Waals surface area contributed by atoms with Crippen molar-refractivity contribution in [1.29, 1.82) is 0 Å². The summed E-state index contributed by atoms with van der Waals surface area (Å²) in [7, 11) is 1.51. The molecule has 3 amide bonds. The molecule has 12 heteroatoms. The molecule has 0 unspecified atom stereocenters. The molecule has 0 radical (unpaired) electrons. The molecule has 5 rings (SSSR count). The number of nitrogens with one attached hydrogen (secondary N) is 2. The quantitative estimate of drug-likeness (QED) is 0.468. The van der Waals surface area contributed by atoms with Crippen LogP contribution in [-0.4, -0.2) is 71.4 Å². The van der Waals surface area contributed by atoms with E-state index in [4.69, 9.17) is 14.2 Å². The first kappa shape index (κ1) is 30.8. The number of fused-ring (bicyclic) bond motifs is 5. The van der Waals surface area contributed by atoms with Crippen molar-refractivity contribution < 1.29 is 33.0 Å². The Bertz CT molecular complexity index is 1520. The fraction of sp³-hybridized carbons (Fsp3) is 0.438. The van der Waals surface area contributed by atoms with Crippen LogP contribution < -0.4 is 24.8 Å². The lowest BCUT2D eigenvalue weighted by molar-refractivity contribution is -0.135. The number of hydrogen-bond donors (Lipinski definition) is 2. The predicted molar refractivity (Wildman–Crippen MR) is 159 cm³/mol. The maximum Gasteiger partial charge on any atom is 0.258 e. The number of ether oxygens (including phenoxy) is 3. The van der Waals surface area contributed by atoms with Crippen LogP contribution in [0.3, 0.4) is 0 Å². The summed E-state index contributed by atoms with van der Waals surface area (Å²) in [6.45, 7) is 4.75. The molecule has 2 aliphatic rings. The number of halogens is 1. The topological polar surface area (TPSA) is 124 Å². The molecule has 2 atom stereocenters. The van der Waals surface area contributed by atoms with Crippen molar-refractivity contribution in [3.8, 4) is 17.2 Å². The number of amides is 3. The van der Waals surface area contributed by atoms with Crippen molar-refractivity contribution >= 4 is 17.7 Å². The third-order valence-electron chi connectivity index (χ3n) is 7.83. The zero-order chi connectivity index (χ0) is 31.2. The van der Waals surface area contributed by atoms with E-state index in [1.54, 1.807) is 23.1 Å². The number of hydrogen-bond acceptors (Lipinski definition) is 7. The number of aryl methyl sites for hydroxylation is 4. The van der Waals surface area contributed by atoms with E-state index in [1.165, 1.54) is 19.2 Å². The summed E-state index contributed by atoms with van der Waals surface area (Å²) in [6, 6.07) is 11.0. The van der Waals surface area contributed by atoms with E-state index >= 15 is 0 Å². The van der Waals surface area contributed by atoms with Gasteiger partial charge in [-0.05, 0) is 61.7 Å². The molecule has 4 bridgehead atoms. The third kappa shape index (κ3) is 7.86. The molecular formula is C32H38FN5O6. The number of likely N-dealkylation sites (tertiary alicyclic amines) is 1. The molecule has 3 heterocycles. The SMILES string of the molecule is COc1ccc2cc1OCC(=O)N[C@@H]1CN(C(=O)CCn3nc(C)cc3C)CC[C@H]1Oc1cc(F)cc(c1)CNC(=O)CC2. The molecule has 2 aliphatic heterocycles. The van der Waals surface area contributed by atoms with E-state index in [0.29, 0.717) is 43.0 Å². The summed E-state index contributed by atoms with van der Waals surface area (Å²) in [6.07, 6.45) is 0.774. The van der Waals surface area contributed by atoms with Gasteiger partial charge in [-0.3, -0.25) is 19.1 Å². The number of carbonyl (C=O) groups excluding carboxylic acids is 3. The van der Waals surface area contributed by atoms with Gasteiger partial charge < -0.3 is 29.7 Å². The largest absolute Gasteiger partial charge is 0.493 e. The van der Waals surface area contributed by atoms with Crippen molar-refractivity contribution in [3.63, 3.8) is 0 Å². The Kier molecular flexibility index (Phi) is 9.66. The molecule has 3 aromatic rings. The highest BCUT2D eigenvalue weighted by Gasteiger charge is 2.34. The Morgan fingerprint density at radius 2 is 1.93 bits per heavy atom. The summed E-state index contributed by atoms with van der Waals surface area (Å²) in [5, 5.41) is 10.3. The molecule has 2 aromatic carbocycles. The molecule has 0 spiro atoms. The van der Waals surface area contributed by atoms with Gasteiger partial charge >= 0.3 is 0 Å². The average molecular weight is 608 g/mol. The Balaban J connectivity index is 1.36. The molecule has 11 nitrogen and oxygen atoms in total. The molecule has 1 aromatic heterocycles. The second-order valence-electron chi connectivity index (χ2n) is 11.2. The minimum Gasteiger partial charge on any atom is -0.493 e. The van der Waals surface area contributed by atoms with Crippen LogP contribution in [0.15, 0.2) is 42.5 Å². The molecule has 0 saturated carbocycles. The summed E-state index contributed by atoms with van der Waals surface area (Å²) in [5.74, 6) is -0.0496. The van der Waals surface area contributed by atoms with E-state index in [1.807, 2.05) is 30.7 Å². The first-order valence-corrected chi connectivity index (χ1v) is 14.8. The van der Waals surface area contributed by atoms with Gasteiger partial charge in [-0.1, -0.05) is 6.07 Å². The van der Waals surface area contributed by atoms with Crippen molar-refractivity contribution in [2.45, 2.75) is 64.8 Å². The fourth-order valence-electron chi connectivity index (χ4n) is 5.59. The Hall–Kier alpha value is -4.61. The van der Waals surface area contributed by atoms with Crippen molar-refractivity contribution in [1.82, 2.24) is 25.3 Å². The van der Waals surface area contributed by atoms with Gasteiger partial charge in [-0.15, -0.1) is 0 Å². The highest BCUT2D eigenvalue weighted by molar-refractivity contribution is 5.79. The molecule has 1 saturated heterocycles. The lowest BCUT2D eigenvalue weighted by Crippen LogP contribution is -2.58. The predicted octanol–water partition coefficient (Wildman–Crippen LogP) is 2.84. The molecule has 44 heavy (non-hydrogen) atoms. The van der Waals surface area contributed by atoms with Gasteiger partial charge in [-0.2, -0.15) is 5.10 Å². The van der Waals surface area contributed by atoms with Crippen LogP contribution in [0.25, 0.3) is 0 Å². The molecule has 1 fully saturated rings. The maximum atomic E-state index is 14.6. The highest BCUT2D eigenvalue weighted by atomic mass is 19.1. The Labute approximate surface area is 255 Å². The summed E-state index contributed by atoms with van der Waals surface area (Å²) in [4.78, 5) is 40.7. The summed E-state index contributed by atoms with van der Waals surface area (Å²) in [5.41, 5.74) is 3.25. The normalized spacial score (nSPS) is 19.3. The van der Waals surface area contributed by atoms with Gasteiger partial charge in [0.25, 0.3) is 5.91 Å². The van der Waals surface area contributed by atoms with Crippen LogP contribution in [0.1, 0.15) is 41.8 Å². The van der Waals surface area contributed by atoms with E-state index in [9.17, 15) is 18.8 Å². The van der Waals surface area contributed by atoms with Gasteiger partial charge in [0.1, 0.15) is 17.7 Å². The van der Waals surface area contributed by atoms with Crippen LogP contribution in [0.5, 0.6) is 17.2 Å². The second kappa shape index (κ2) is 13.8. The third-order valence-corrected chi connectivity index (χ3v) is 7.83. The maximum absolute atomic E-state index is 14.6. The second-order valence-corrected chi connectivity index (χ2v) is 11.2. The van der Waals surface area contributed by atoms with Crippen molar-refractivity contribution in [2.24, 2.45) is 0 Å². The molecule has 2 N–H and O–H groups in total. The zero-order valence-electron chi connectivity index (χ0n) is 25.2. The fourth-order valence-corrected chi connectivity index (χ4v) is 5.59. The first-order valence-electron chi connectivity index (χ1n) is 14.8. The lowest BCUT2D eigenvalue weighted by Gasteiger charge is -2.39. The van der Waals surface area contributed by atoms with Crippen LogP contribution in [0, 0.1) is 19.7 Å². The first-order chi connectivity index (χ1) is 21.2. The molecule has 234 valence electrons.